The number of β-lactam (4-membered cyclic amide) rings is 1. The third kappa shape index (κ3) is 5.63. The van der Waals surface area contributed by atoms with Gasteiger partial charge in [-0.3, -0.25) is 14.4 Å². The number of tetrazole rings is 1. The molecule has 2 unspecified atom stereocenters. The van der Waals surface area contributed by atoms with Crippen molar-refractivity contribution in [3.63, 3.8) is 0 Å². The number of rotatable bonds is 12. The Morgan fingerprint density at radius 2 is 2.24 bits per heavy atom. The summed E-state index contributed by atoms with van der Waals surface area (Å²) in [5.74, 6) is -1.73. The van der Waals surface area contributed by atoms with Gasteiger partial charge in [0, 0.05) is 36.1 Å². The highest BCUT2D eigenvalue weighted by Crippen LogP contribution is 2.44. The van der Waals surface area contributed by atoms with E-state index in [2.05, 4.69) is 35.4 Å². The van der Waals surface area contributed by atoms with Crippen LogP contribution in [0.2, 0.25) is 0 Å². The number of thioether (sulfide) groups is 2. The van der Waals surface area contributed by atoms with Crippen LogP contribution in [0.15, 0.2) is 10.3 Å². The number of carboxylic acids is 1. The number of aryl methyl sites for hydroxylation is 1. The van der Waals surface area contributed by atoms with Gasteiger partial charge >= 0.3 is 5.97 Å². The number of carbonyl (C=O) groups is 3. The SMILES string of the molecule is CCON=C(C(=O)NC1C(=O)N2CC(CSc3nnnn3CCCN)(C(=O)O)CS[C@H]12)c1nsc(N)n1. The molecule has 2 aliphatic heterocycles. The summed E-state index contributed by atoms with van der Waals surface area (Å²) in [5, 5.41) is 28.3. The molecule has 0 radical (unpaired) electrons. The first-order valence-electron chi connectivity index (χ1n) is 11.1. The van der Waals surface area contributed by atoms with Gasteiger partial charge in [0.2, 0.25) is 22.6 Å². The minimum Gasteiger partial charge on any atom is -0.481 e. The number of aromatic nitrogens is 6. The Kier molecular flexibility index (Phi) is 8.45. The summed E-state index contributed by atoms with van der Waals surface area (Å²) >= 11 is 3.40. The Morgan fingerprint density at radius 1 is 1.43 bits per heavy atom. The van der Waals surface area contributed by atoms with Crippen molar-refractivity contribution < 1.29 is 24.3 Å². The van der Waals surface area contributed by atoms with E-state index in [1.807, 2.05) is 0 Å². The number of anilines is 1. The summed E-state index contributed by atoms with van der Waals surface area (Å²) in [4.78, 5) is 48.6. The van der Waals surface area contributed by atoms with E-state index in [0.29, 0.717) is 24.7 Å². The minimum atomic E-state index is -1.22. The molecule has 0 saturated carbocycles. The molecule has 2 amide bonds. The summed E-state index contributed by atoms with van der Waals surface area (Å²) < 4.78 is 5.57. The van der Waals surface area contributed by atoms with E-state index in [4.69, 9.17) is 16.3 Å². The molecule has 0 spiro atoms. The van der Waals surface area contributed by atoms with E-state index in [-0.39, 0.29) is 41.3 Å². The maximum atomic E-state index is 13.0. The molecule has 0 aliphatic carbocycles. The number of nitrogen functional groups attached to an aromatic ring is 1. The van der Waals surface area contributed by atoms with Gasteiger partial charge < -0.3 is 31.6 Å². The first kappa shape index (κ1) is 27.0. The fourth-order valence-electron chi connectivity index (χ4n) is 3.64. The lowest BCUT2D eigenvalue weighted by atomic mass is 9.89. The zero-order valence-electron chi connectivity index (χ0n) is 19.6. The predicted octanol–water partition coefficient (Wildman–Crippen LogP) is -1.54. The Labute approximate surface area is 223 Å². The number of carbonyl (C=O) groups excluding carboxylic acids is 2. The molecule has 37 heavy (non-hydrogen) atoms. The molecule has 2 saturated heterocycles. The normalized spacial score (nSPS) is 23.4. The third-order valence-electron chi connectivity index (χ3n) is 5.59. The van der Waals surface area contributed by atoms with Crippen molar-refractivity contribution in [1.29, 1.82) is 0 Å². The summed E-state index contributed by atoms with van der Waals surface area (Å²) in [6, 6.07) is -0.858. The molecular weight excluding hydrogens is 546 g/mol. The molecule has 2 aliphatic rings. The minimum absolute atomic E-state index is 0.00730. The number of aliphatic carboxylic acids is 1. The van der Waals surface area contributed by atoms with E-state index in [9.17, 15) is 19.5 Å². The van der Waals surface area contributed by atoms with Gasteiger partial charge in [0.1, 0.15) is 23.4 Å². The molecule has 2 aromatic heterocycles. The number of nitrogens with zero attached hydrogens (tertiary/aromatic N) is 8. The fourth-order valence-corrected chi connectivity index (χ4v) is 6.84. The van der Waals surface area contributed by atoms with E-state index in [1.54, 1.807) is 11.6 Å². The monoisotopic (exact) mass is 571 g/mol. The summed E-state index contributed by atoms with van der Waals surface area (Å²) in [6.07, 6.45) is 0.679. The van der Waals surface area contributed by atoms with Gasteiger partial charge in [-0.2, -0.15) is 9.36 Å². The lowest BCUT2D eigenvalue weighted by Gasteiger charge is -2.53. The Balaban J connectivity index is 1.41. The highest BCUT2D eigenvalue weighted by atomic mass is 32.2. The number of carboxylic acid groups (broad SMARTS) is 1. The molecule has 16 nitrogen and oxygen atoms in total. The van der Waals surface area contributed by atoms with Crippen LogP contribution in [0.3, 0.4) is 0 Å². The van der Waals surface area contributed by atoms with Crippen LogP contribution in [-0.2, 0) is 25.8 Å². The number of oxime groups is 1. The smallest absolute Gasteiger partial charge is 0.313 e. The van der Waals surface area contributed by atoms with Gasteiger partial charge in [0.05, 0.1) is 0 Å². The summed E-state index contributed by atoms with van der Waals surface area (Å²) in [6.45, 7) is 2.89. The number of amides is 2. The van der Waals surface area contributed by atoms with Crippen molar-refractivity contribution in [1.82, 2.24) is 39.8 Å². The summed E-state index contributed by atoms with van der Waals surface area (Å²) in [5.41, 5.74) is 9.74. The van der Waals surface area contributed by atoms with Crippen LogP contribution in [0.4, 0.5) is 5.13 Å². The van der Waals surface area contributed by atoms with Crippen LogP contribution in [0.5, 0.6) is 0 Å². The molecule has 4 rings (SSSR count). The highest BCUT2D eigenvalue weighted by molar-refractivity contribution is 8.00. The fraction of sp³-hybridized carbons (Fsp3) is 0.611. The molecule has 200 valence electrons. The van der Waals surface area contributed by atoms with Crippen LogP contribution < -0.4 is 16.8 Å². The number of fused-ring (bicyclic) bond motifs is 1. The van der Waals surface area contributed by atoms with Crippen LogP contribution >= 0.6 is 35.1 Å². The Morgan fingerprint density at radius 3 is 2.92 bits per heavy atom. The van der Waals surface area contributed by atoms with Crippen LogP contribution in [0, 0.1) is 5.41 Å². The van der Waals surface area contributed by atoms with Crippen molar-refractivity contribution in [2.24, 2.45) is 16.3 Å². The zero-order chi connectivity index (χ0) is 26.6. The Hall–Kier alpha value is -3.03. The van der Waals surface area contributed by atoms with Crippen molar-refractivity contribution in [3.8, 4) is 0 Å². The van der Waals surface area contributed by atoms with Gasteiger partial charge in [-0.25, -0.2) is 4.68 Å². The van der Waals surface area contributed by atoms with E-state index < -0.39 is 34.6 Å². The number of nitrogens with two attached hydrogens (primary N) is 2. The summed E-state index contributed by atoms with van der Waals surface area (Å²) in [7, 11) is 0. The lowest BCUT2D eigenvalue weighted by molar-refractivity contribution is -0.157. The lowest BCUT2D eigenvalue weighted by Crippen LogP contribution is -2.74. The standard InChI is InChI=1S/C18H25N11O5S3/c1-2-34-24-9(11-22-16(20)37-25-11)12(30)21-10-13(31)28-6-18(15(32)33,7-35-14(10)28)8-36-17-23-26-27-29(17)5-3-4-19/h10,14H,2-8,19H2,1H3,(H,21,30)(H,32,33)(H2,20,22,25)/t10?,14-,18?/m1/s1. The number of hydrogen-bond acceptors (Lipinski definition) is 15. The molecule has 2 aromatic rings. The molecule has 2 fully saturated rings. The van der Waals surface area contributed by atoms with Gasteiger partial charge in [0.15, 0.2) is 5.13 Å². The number of nitrogens with one attached hydrogen (secondary N) is 1. The zero-order valence-corrected chi connectivity index (χ0v) is 22.1. The quantitative estimate of drug-likeness (QED) is 0.0979. The second kappa shape index (κ2) is 11.6. The van der Waals surface area contributed by atoms with Gasteiger partial charge in [0.25, 0.3) is 5.91 Å². The molecule has 0 bridgehead atoms. The maximum absolute atomic E-state index is 13.0. The molecule has 19 heteroatoms. The van der Waals surface area contributed by atoms with Gasteiger partial charge in [-0.1, -0.05) is 16.9 Å². The van der Waals surface area contributed by atoms with Crippen LogP contribution in [-0.4, -0.2) is 106 Å². The number of hydrogen-bond donors (Lipinski definition) is 4. The molecular formula is C18H25N11O5S3. The molecule has 4 heterocycles. The van der Waals surface area contributed by atoms with Crippen LogP contribution in [0.1, 0.15) is 19.2 Å². The second-order valence-electron chi connectivity index (χ2n) is 8.13. The van der Waals surface area contributed by atoms with E-state index in [1.165, 1.54) is 28.4 Å². The van der Waals surface area contributed by atoms with Gasteiger partial charge in [-0.05, 0) is 30.3 Å². The molecule has 0 aromatic carbocycles. The van der Waals surface area contributed by atoms with Crippen molar-refractivity contribution in [2.75, 3.05) is 36.9 Å². The molecule has 3 atom stereocenters. The van der Waals surface area contributed by atoms with E-state index >= 15 is 0 Å². The van der Waals surface area contributed by atoms with Crippen LogP contribution in [0.25, 0.3) is 0 Å². The Bertz CT molecular complexity index is 1190. The average Bonchev–Trinajstić information content (AvgIpc) is 3.53. The second-order valence-corrected chi connectivity index (χ2v) is 11.0. The van der Waals surface area contributed by atoms with Crippen molar-refractivity contribution in [2.45, 2.75) is 36.5 Å². The van der Waals surface area contributed by atoms with E-state index in [0.717, 1.165) is 11.5 Å². The predicted molar refractivity (Wildman–Crippen MR) is 135 cm³/mol. The maximum Gasteiger partial charge on any atom is 0.313 e. The first-order chi connectivity index (χ1) is 17.8. The van der Waals surface area contributed by atoms with Gasteiger partial charge in [-0.15, -0.1) is 16.9 Å². The largest absolute Gasteiger partial charge is 0.481 e. The average molecular weight is 572 g/mol. The highest BCUT2D eigenvalue weighted by Gasteiger charge is 2.57. The third-order valence-corrected chi connectivity index (χ3v) is 8.97. The topological polar surface area (TPSA) is 230 Å². The molecule has 6 N–H and O–H groups in total. The first-order valence-corrected chi connectivity index (χ1v) is 14.0. The van der Waals surface area contributed by atoms with Crippen molar-refractivity contribution >= 4 is 63.7 Å². The van der Waals surface area contributed by atoms with Crippen molar-refractivity contribution in [3.05, 3.63) is 5.82 Å².